The highest BCUT2D eigenvalue weighted by molar-refractivity contribution is 14.1. The summed E-state index contributed by atoms with van der Waals surface area (Å²) >= 11 is 4.22. The van der Waals surface area contributed by atoms with Crippen molar-refractivity contribution >= 4 is 33.9 Å². The largest absolute Gasteiger partial charge is 0.306 e. The standard InChI is InChI=1S/C15H18INS/c1-10-8-15(12(3)18-10)11(2)17-9-13-4-6-14(16)7-5-13/h4-8,11,17H,9H2,1-3H3. The Bertz CT molecular complexity index is 516. The molecule has 1 nitrogen and oxygen atoms in total. The Labute approximate surface area is 127 Å². The van der Waals surface area contributed by atoms with Crippen LogP contribution in [0.15, 0.2) is 30.3 Å². The summed E-state index contributed by atoms with van der Waals surface area (Å²) < 4.78 is 1.29. The van der Waals surface area contributed by atoms with Gasteiger partial charge in [0.2, 0.25) is 0 Å². The molecule has 1 atom stereocenters. The van der Waals surface area contributed by atoms with Crippen LogP contribution in [-0.4, -0.2) is 0 Å². The van der Waals surface area contributed by atoms with Crippen molar-refractivity contribution in [1.29, 1.82) is 0 Å². The number of rotatable bonds is 4. The van der Waals surface area contributed by atoms with E-state index in [2.05, 4.69) is 79.0 Å². The van der Waals surface area contributed by atoms with Crippen LogP contribution in [0.4, 0.5) is 0 Å². The number of hydrogen-bond acceptors (Lipinski definition) is 2. The Kier molecular flexibility index (Phi) is 4.81. The van der Waals surface area contributed by atoms with Gasteiger partial charge in [0.15, 0.2) is 0 Å². The molecule has 1 aromatic heterocycles. The van der Waals surface area contributed by atoms with E-state index in [4.69, 9.17) is 0 Å². The predicted octanol–water partition coefficient (Wildman–Crippen LogP) is 4.82. The number of nitrogens with one attached hydrogen (secondary N) is 1. The second kappa shape index (κ2) is 6.17. The summed E-state index contributed by atoms with van der Waals surface area (Å²) in [4.78, 5) is 2.82. The van der Waals surface area contributed by atoms with Crippen LogP contribution >= 0.6 is 33.9 Å². The van der Waals surface area contributed by atoms with E-state index < -0.39 is 0 Å². The third-order valence-corrected chi connectivity index (χ3v) is 4.77. The van der Waals surface area contributed by atoms with E-state index in [-0.39, 0.29) is 0 Å². The molecule has 1 unspecified atom stereocenters. The van der Waals surface area contributed by atoms with E-state index in [1.165, 1.54) is 24.5 Å². The van der Waals surface area contributed by atoms with Crippen LogP contribution in [0.25, 0.3) is 0 Å². The minimum atomic E-state index is 0.411. The maximum atomic E-state index is 3.59. The molecule has 0 bridgehead atoms. The van der Waals surface area contributed by atoms with Crippen LogP contribution in [0.5, 0.6) is 0 Å². The molecule has 1 N–H and O–H groups in total. The fourth-order valence-corrected chi connectivity index (χ4v) is 3.45. The summed E-state index contributed by atoms with van der Waals surface area (Å²) in [5.41, 5.74) is 2.77. The van der Waals surface area contributed by atoms with Crippen molar-refractivity contribution < 1.29 is 0 Å². The van der Waals surface area contributed by atoms with Gasteiger partial charge in [-0.3, -0.25) is 0 Å². The molecule has 18 heavy (non-hydrogen) atoms. The Morgan fingerprint density at radius 1 is 1.22 bits per heavy atom. The minimum absolute atomic E-state index is 0.411. The lowest BCUT2D eigenvalue weighted by Gasteiger charge is -2.14. The normalized spacial score (nSPS) is 12.7. The second-order valence-corrected chi connectivity index (χ2v) is 7.30. The van der Waals surface area contributed by atoms with Crippen molar-refractivity contribution in [2.75, 3.05) is 0 Å². The van der Waals surface area contributed by atoms with E-state index in [0.717, 1.165) is 6.54 Å². The van der Waals surface area contributed by atoms with Gasteiger partial charge in [0.1, 0.15) is 0 Å². The van der Waals surface area contributed by atoms with Gasteiger partial charge in [-0.1, -0.05) is 12.1 Å². The highest BCUT2D eigenvalue weighted by Gasteiger charge is 2.10. The summed E-state index contributed by atoms with van der Waals surface area (Å²) in [5, 5.41) is 3.59. The first-order valence-corrected chi connectivity index (χ1v) is 8.00. The lowest BCUT2D eigenvalue weighted by Crippen LogP contribution is -2.18. The molecule has 96 valence electrons. The molecule has 0 aliphatic carbocycles. The van der Waals surface area contributed by atoms with Crippen molar-refractivity contribution in [3.8, 4) is 0 Å². The van der Waals surface area contributed by atoms with Gasteiger partial charge in [0.25, 0.3) is 0 Å². The van der Waals surface area contributed by atoms with E-state index >= 15 is 0 Å². The molecule has 3 heteroatoms. The van der Waals surface area contributed by atoms with Crippen molar-refractivity contribution in [3.63, 3.8) is 0 Å². The lowest BCUT2D eigenvalue weighted by atomic mass is 10.1. The average Bonchev–Trinajstić information content (AvgIpc) is 2.67. The molecule has 0 saturated carbocycles. The Morgan fingerprint density at radius 2 is 1.89 bits per heavy atom. The van der Waals surface area contributed by atoms with Crippen LogP contribution < -0.4 is 5.32 Å². The van der Waals surface area contributed by atoms with Gasteiger partial charge in [-0.15, -0.1) is 11.3 Å². The number of thiophene rings is 1. The molecular formula is C15H18INS. The molecule has 2 aromatic rings. The lowest BCUT2D eigenvalue weighted by molar-refractivity contribution is 0.574. The number of hydrogen-bond donors (Lipinski definition) is 1. The number of benzene rings is 1. The Balaban J connectivity index is 1.98. The van der Waals surface area contributed by atoms with Crippen LogP contribution in [-0.2, 0) is 6.54 Å². The summed E-state index contributed by atoms with van der Waals surface area (Å²) in [7, 11) is 0. The molecule has 0 aliphatic heterocycles. The molecule has 0 radical (unpaired) electrons. The van der Waals surface area contributed by atoms with Crippen LogP contribution in [0.3, 0.4) is 0 Å². The van der Waals surface area contributed by atoms with Gasteiger partial charge in [0, 0.05) is 25.9 Å². The van der Waals surface area contributed by atoms with Crippen LogP contribution in [0.1, 0.15) is 33.8 Å². The molecule has 0 amide bonds. The van der Waals surface area contributed by atoms with Gasteiger partial charge in [-0.25, -0.2) is 0 Å². The Hall–Kier alpha value is -0.390. The predicted molar refractivity (Wildman–Crippen MR) is 88.2 cm³/mol. The zero-order valence-electron chi connectivity index (χ0n) is 11.0. The van der Waals surface area contributed by atoms with Gasteiger partial charge in [-0.05, 0) is 72.7 Å². The quantitative estimate of drug-likeness (QED) is 0.760. The van der Waals surface area contributed by atoms with Crippen molar-refractivity contribution in [2.45, 2.75) is 33.4 Å². The highest BCUT2D eigenvalue weighted by Crippen LogP contribution is 2.26. The summed E-state index contributed by atoms with van der Waals surface area (Å²) in [5.74, 6) is 0. The third-order valence-electron chi connectivity index (χ3n) is 3.07. The topological polar surface area (TPSA) is 12.0 Å². The third kappa shape index (κ3) is 3.56. The molecule has 0 spiro atoms. The van der Waals surface area contributed by atoms with E-state index in [1.54, 1.807) is 0 Å². The molecule has 0 saturated heterocycles. The fourth-order valence-electron chi connectivity index (χ4n) is 2.06. The van der Waals surface area contributed by atoms with Crippen LogP contribution in [0.2, 0.25) is 0 Å². The number of aryl methyl sites for hydroxylation is 2. The minimum Gasteiger partial charge on any atom is -0.306 e. The molecule has 2 rings (SSSR count). The van der Waals surface area contributed by atoms with Crippen molar-refractivity contribution in [1.82, 2.24) is 5.32 Å². The first-order chi connectivity index (χ1) is 8.56. The zero-order chi connectivity index (χ0) is 13.1. The maximum absolute atomic E-state index is 3.59. The SMILES string of the molecule is Cc1cc(C(C)NCc2ccc(I)cc2)c(C)s1. The number of halogens is 1. The van der Waals surface area contributed by atoms with Crippen LogP contribution in [0, 0.1) is 17.4 Å². The first-order valence-electron chi connectivity index (χ1n) is 6.11. The monoisotopic (exact) mass is 371 g/mol. The van der Waals surface area contributed by atoms with Gasteiger partial charge < -0.3 is 5.32 Å². The molecular weight excluding hydrogens is 353 g/mol. The maximum Gasteiger partial charge on any atom is 0.0305 e. The van der Waals surface area contributed by atoms with Crippen molar-refractivity contribution in [3.05, 3.63) is 54.8 Å². The van der Waals surface area contributed by atoms with E-state index in [0.29, 0.717) is 6.04 Å². The zero-order valence-corrected chi connectivity index (χ0v) is 13.9. The molecule has 1 heterocycles. The summed E-state index contributed by atoms with van der Waals surface area (Å²) in [6, 6.07) is 11.4. The van der Waals surface area contributed by atoms with Gasteiger partial charge in [-0.2, -0.15) is 0 Å². The fraction of sp³-hybridized carbons (Fsp3) is 0.333. The van der Waals surface area contributed by atoms with Gasteiger partial charge >= 0.3 is 0 Å². The molecule has 0 fully saturated rings. The smallest absolute Gasteiger partial charge is 0.0305 e. The molecule has 1 aromatic carbocycles. The average molecular weight is 371 g/mol. The van der Waals surface area contributed by atoms with Crippen molar-refractivity contribution in [2.24, 2.45) is 0 Å². The first kappa shape index (κ1) is 14.0. The second-order valence-electron chi connectivity index (χ2n) is 4.60. The summed E-state index contributed by atoms with van der Waals surface area (Å²) in [6.45, 7) is 7.54. The highest BCUT2D eigenvalue weighted by atomic mass is 127. The summed E-state index contributed by atoms with van der Waals surface area (Å²) in [6.07, 6.45) is 0. The van der Waals surface area contributed by atoms with Gasteiger partial charge in [0.05, 0.1) is 0 Å². The van der Waals surface area contributed by atoms with E-state index in [9.17, 15) is 0 Å². The molecule has 0 aliphatic rings. The van der Waals surface area contributed by atoms with E-state index in [1.807, 2.05) is 11.3 Å². The Morgan fingerprint density at radius 3 is 2.44 bits per heavy atom.